The fourth-order valence-electron chi connectivity index (χ4n) is 4.31. The lowest BCUT2D eigenvalue weighted by Crippen LogP contribution is -2.45. The summed E-state index contributed by atoms with van der Waals surface area (Å²) in [5.74, 6) is 0.640. The maximum Gasteiger partial charge on any atom is 0.191 e. The fraction of sp³-hybridized carbons (Fsp3) is 0.682. The van der Waals surface area contributed by atoms with Gasteiger partial charge in [-0.15, -0.1) is 0 Å². The van der Waals surface area contributed by atoms with Crippen molar-refractivity contribution in [2.75, 3.05) is 59.0 Å². The molecule has 0 saturated carbocycles. The van der Waals surface area contributed by atoms with Crippen molar-refractivity contribution in [1.82, 2.24) is 20.4 Å². The van der Waals surface area contributed by atoms with E-state index in [-0.39, 0.29) is 11.9 Å². The third kappa shape index (κ3) is 6.39. The van der Waals surface area contributed by atoms with Gasteiger partial charge in [0, 0.05) is 32.2 Å². The van der Waals surface area contributed by atoms with Crippen LogP contribution >= 0.6 is 0 Å². The van der Waals surface area contributed by atoms with Crippen LogP contribution in [0, 0.1) is 5.82 Å². The quantitative estimate of drug-likeness (QED) is 0.513. The molecule has 29 heavy (non-hydrogen) atoms. The lowest BCUT2D eigenvalue weighted by molar-refractivity contribution is 0.0179. The zero-order valence-corrected chi connectivity index (χ0v) is 17.9. The second-order valence-electron chi connectivity index (χ2n) is 7.74. The van der Waals surface area contributed by atoms with Crippen molar-refractivity contribution < 1.29 is 9.13 Å². The van der Waals surface area contributed by atoms with E-state index >= 15 is 0 Å². The summed E-state index contributed by atoms with van der Waals surface area (Å²) in [6, 6.07) is 7.52. The van der Waals surface area contributed by atoms with E-state index in [0.29, 0.717) is 25.8 Å². The van der Waals surface area contributed by atoms with Crippen molar-refractivity contribution in [3.05, 3.63) is 35.6 Å². The molecule has 2 saturated heterocycles. The van der Waals surface area contributed by atoms with Crippen LogP contribution in [0.2, 0.25) is 0 Å². The maximum atomic E-state index is 13.9. The zero-order chi connectivity index (χ0) is 20.5. The van der Waals surface area contributed by atoms with Gasteiger partial charge < -0.3 is 15.4 Å². The number of hydrogen-bond donors (Lipinski definition) is 2. The number of guanidine groups is 1. The van der Waals surface area contributed by atoms with E-state index in [1.165, 1.54) is 25.5 Å². The summed E-state index contributed by atoms with van der Waals surface area (Å²) >= 11 is 0. The topological polar surface area (TPSA) is 52.1 Å². The third-order valence-corrected chi connectivity index (χ3v) is 5.90. The van der Waals surface area contributed by atoms with E-state index in [4.69, 9.17) is 9.73 Å². The Morgan fingerprint density at radius 2 is 2.07 bits per heavy atom. The number of morpholine rings is 1. The standard InChI is InChI=1S/C22H36FN5O/c1-3-24-22(25-16-20-9-6-10-27(20)4-2)26-17-21(28-11-13-29-14-12-28)18-7-5-8-19(23)15-18/h5,7-8,15,20-21H,3-4,6,9-14,16-17H2,1-2H3,(H2,24,25,26). The maximum absolute atomic E-state index is 13.9. The number of likely N-dealkylation sites (tertiary alicyclic amines) is 1. The van der Waals surface area contributed by atoms with Crippen LogP contribution in [0.5, 0.6) is 0 Å². The van der Waals surface area contributed by atoms with Gasteiger partial charge in [-0.05, 0) is 50.6 Å². The van der Waals surface area contributed by atoms with Gasteiger partial charge in [0.05, 0.1) is 25.8 Å². The molecular weight excluding hydrogens is 369 g/mol. The molecule has 2 N–H and O–H groups in total. The van der Waals surface area contributed by atoms with Crippen molar-refractivity contribution in [1.29, 1.82) is 0 Å². The molecule has 0 aliphatic carbocycles. The second kappa shape index (κ2) is 11.5. The fourth-order valence-corrected chi connectivity index (χ4v) is 4.31. The molecule has 3 rings (SSSR count). The summed E-state index contributed by atoms with van der Waals surface area (Å²) in [7, 11) is 0. The Labute approximate surface area is 174 Å². The van der Waals surface area contributed by atoms with E-state index in [2.05, 4.69) is 34.3 Å². The smallest absolute Gasteiger partial charge is 0.191 e. The molecule has 0 amide bonds. The van der Waals surface area contributed by atoms with Crippen LogP contribution in [0.15, 0.2) is 29.3 Å². The zero-order valence-electron chi connectivity index (χ0n) is 17.9. The minimum Gasteiger partial charge on any atom is -0.379 e. The van der Waals surface area contributed by atoms with Gasteiger partial charge in [-0.3, -0.25) is 14.8 Å². The summed E-state index contributed by atoms with van der Waals surface area (Å²) in [6.45, 7) is 12.0. The van der Waals surface area contributed by atoms with Gasteiger partial charge >= 0.3 is 0 Å². The highest BCUT2D eigenvalue weighted by Gasteiger charge is 2.24. The average molecular weight is 406 g/mol. The highest BCUT2D eigenvalue weighted by molar-refractivity contribution is 5.79. The largest absolute Gasteiger partial charge is 0.379 e. The molecule has 2 aliphatic rings. The van der Waals surface area contributed by atoms with Crippen molar-refractivity contribution in [3.63, 3.8) is 0 Å². The monoisotopic (exact) mass is 405 g/mol. The van der Waals surface area contributed by atoms with Gasteiger partial charge in [0.1, 0.15) is 5.82 Å². The van der Waals surface area contributed by atoms with Crippen molar-refractivity contribution in [2.24, 2.45) is 4.99 Å². The van der Waals surface area contributed by atoms with Crippen LogP contribution in [-0.2, 0) is 4.74 Å². The summed E-state index contributed by atoms with van der Waals surface area (Å²) in [6.07, 6.45) is 2.51. The average Bonchev–Trinajstić information content (AvgIpc) is 3.20. The van der Waals surface area contributed by atoms with Crippen LogP contribution in [0.1, 0.15) is 38.3 Å². The summed E-state index contributed by atoms with van der Waals surface area (Å²) in [5, 5.41) is 6.89. The molecule has 2 fully saturated rings. The Kier molecular flexibility index (Phi) is 8.70. The molecule has 7 heteroatoms. The third-order valence-electron chi connectivity index (χ3n) is 5.90. The number of aliphatic imine (C=N–C) groups is 1. The Bertz CT molecular complexity index is 650. The first-order valence-corrected chi connectivity index (χ1v) is 11.0. The number of rotatable bonds is 8. The number of nitrogens with zero attached hydrogens (tertiary/aromatic N) is 3. The lowest BCUT2D eigenvalue weighted by atomic mass is 10.0. The molecule has 0 bridgehead atoms. The highest BCUT2D eigenvalue weighted by Crippen LogP contribution is 2.23. The van der Waals surface area contributed by atoms with Gasteiger partial charge in [-0.2, -0.15) is 0 Å². The minimum atomic E-state index is -0.198. The van der Waals surface area contributed by atoms with Gasteiger partial charge in [0.15, 0.2) is 5.96 Å². The van der Waals surface area contributed by atoms with E-state index in [1.54, 1.807) is 12.1 Å². The van der Waals surface area contributed by atoms with Crippen LogP contribution in [0.25, 0.3) is 0 Å². The van der Waals surface area contributed by atoms with Gasteiger partial charge in [0.2, 0.25) is 0 Å². The Morgan fingerprint density at radius 1 is 1.24 bits per heavy atom. The molecular formula is C22H36FN5O. The SMILES string of the molecule is CCNC(=NCC(c1cccc(F)c1)N1CCOCC1)NCC1CCCN1CC. The van der Waals surface area contributed by atoms with E-state index < -0.39 is 0 Å². The van der Waals surface area contributed by atoms with Crippen LogP contribution in [-0.4, -0.2) is 80.8 Å². The predicted octanol–water partition coefficient (Wildman–Crippen LogP) is 2.24. The highest BCUT2D eigenvalue weighted by atomic mass is 19.1. The number of halogens is 1. The molecule has 162 valence electrons. The molecule has 2 heterocycles. The first-order chi connectivity index (χ1) is 14.2. The van der Waals surface area contributed by atoms with Gasteiger partial charge in [0.25, 0.3) is 0 Å². The predicted molar refractivity (Wildman–Crippen MR) is 116 cm³/mol. The van der Waals surface area contributed by atoms with Crippen LogP contribution in [0.3, 0.4) is 0 Å². The van der Waals surface area contributed by atoms with E-state index in [1.807, 2.05) is 6.07 Å². The molecule has 1 aromatic carbocycles. The Balaban J connectivity index is 1.68. The molecule has 2 aliphatic heterocycles. The molecule has 1 aromatic rings. The Hall–Kier alpha value is -1.70. The number of benzene rings is 1. The molecule has 2 atom stereocenters. The van der Waals surface area contributed by atoms with Crippen molar-refractivity contribution in [2.45, 2.75) is 38.8 Å². The molecule has 2 unspecified atom stereocenters. The molecule has 0 aromatic heterocycles. The van der Waals surface area contributed by atoms with Crippen molar-refractivity contribution in [3.8, 4) is 0 Å². The van der Waals surface area contributed by atoms with Crippen LogP contribution in [0.4, 0.5) is 4.39 Å². The summed E-state index contributed by atoms with van der Waals surface area (Å²) in [5.41, 5.74) is 0.972. The second-order valence-corrected chi connectivity index (χ2v) is 7.74. The molecule has 0 spiro atoms. The Morgan fingerprint density at radius 3 is 2.79 bits per heavy atom. The molecule has 6 nitrogen and oxygen atoms in total. The van der Waals surface area contributed by atoms with Crippen LogP contribution < -0.4 is 10.6 Å². The number of nitrogens with one attached hydrogen (secondary N) is 2. The summed E-state index contributed by atoms with van der Waals surface area (Å²) < 4.78 is 19.4. The van der Waals surface area contributed by atoms with E-state index in [0.717, 1.165) is 44.2 Å². The normalized spacial score (nSPS) is 22.6. The van der Waals surface area contributed by atoms with Gasteiger partial charge in [-0.25, -0.2) is 4.39 Å². The summed E-state index contributed by atoms with van der Waals surface area (Å²) in [4.78, 5) is 9.75. The number of likely N-dealkylation sites (N-methyl/N-ethyl adjacent to an activating group) is 1. The molecule has 0 radical (unpaired) electrons. The number of ether oxygens (including phenoxy) is 1. The van der Waals surface area contributed by atoms with Gasteiger partial charge in [-0.1, -0.05) is 19.1 Å². The minimum absolute atomic E-state index is 0.0451. The first kappa shape index (κ1) is 22.0. The number of hydrogen-bond acceptors (Lipinski definition) is 4. The van der Waals surface area contributed by atoms with Crippen molar-refractivity contribution >= 4 is 5.96 Å². The van der Waals surface area contributed by atoms with E-state index in [9.17, 15) is 4.39 Å². The lowest BCUT2D eigenvalue weighted by Gasteiger charge is -2.34. The first-order valence-electron chi connectivity index (χ1n) is 11.0.